The minimum atomic E-state index is -0.287. The Labute approximate surface area is 129 Å². The van der Waals surface area contributed by atoms with E-state index in [1.165, 1.54) is 6.07 Å². The lowest BCUT2D eigenvalue weighted by Gasteiger charge is -2.17. The fourth-order valence-corrected chi connectivity index (χ4v) is 3.80. The SMILES string of the molecule is NC[C@H]1CCC[C@H]1C(=O)NC1CC1c1c(F)cccc1Cl. The van der Waals surface area contributed by atoms with E-state index in [9.17, 15) is 9.18 Å². The Kier molecular flexibility index (Phi) is 4.18. The molecule has 3 N–H and O–H groups in total. The summed E-state index contributed by atoms with van der Waals surface area (Å²) >= 11 is 6.07. The summed E-state index contributed by atoms with van der Waals surface area (Å²) < 4.78 is 13.9. The van der Waals surface area contributed by atoms with Crippen LogP contribution in [0.2, 0.25) is 5.02 Å². The number of carbonyl (C=O) groups excluding carboxylic acids is 1. The normalized spacial score (nSPS) is 31.2. The van der Waals surface area contributed by atoms with Gasteiger partial charge in [0.1, 0.15) is 5.82 Å². The van der Waals surface area contributed by atoms with Gasteiger partial charge in [0.2, 0.25) is 5.91 Å². The molecule has 0 aliphatic heterocycles. The van der Waals surface area contributed by atoms with Crippen LogP contribution in [0.5, 0.6) is 0 Å². The van der Waals surface area contributed by atoms with Gasteiger partial charge in [-0.05, 0) is 43.9 Å². The predicted octanol–water partition coefficient (Wildman–Crippen LogP) is 2.83. The van der Waals surface area contributed by atoms with Crippen LogP contribution in [0.3, 0.4) is 0 Å². The smallest absolute Gasteiger partial charge is 0.223 e. The van der Waals surface area contributed by atoms with Crippen LogP contribution in [-0.4, -0.2) is 18.5 Å². The number of benzene rings is 1. The molecule has 0 radical (unpaired) electrons. The standard InChI is InChI=1S/C16H20ClFN2O/c17-12-5-2-6-13(18)15(12)11-7-14(11)20-16(21)10-4-1-3-9(10)8-19/h2,5-6,9-11,14H,1,3-4,7-8,19H2,(H,20,21)/t9-,10-,11?,14?/m1/s1. The van der Waals surface area contributed by atoms with Crippen LogP contribution in [0.15, 0.2) is 18.2 Å². The zero-order valence-corrected chi connectivity index (χ0v) is 12.6. The molecule has 2 aliphatic carbocycles. The lowest BCUT2D eigenvalue weighted by atomic mass is 9.95. The molecule has 0 heterocycles. The lowest BCUT2D eigenvalue weighted by molar-refractivity contribution is -0.126. The average molecular weight is 311 g/mol. The van der Waals surface area contributed by atoms with Gasteiger partial charge in [0.05, 0.1) is 0 Å². The summed E-state index contributed by atoms with van der Waals surface area (Å²) in [5, 5.41) is 3.49. The van der Waals surface area contributed by atoms with Gasteiger partial charge < -0.3 is 11.1 Å². The minimum absolute atomic E-state index is 0.000351. The summed E-state index contributed by atoms with van der Waals surface area (Å²) in [7, 11) is 0. The third-order valence-corrected chi connectivity index (χ3v) is 5.12. The van der Waals surface area contributed by atoms with Crippen molar-refractivity contribution in [3.63, 3.8) is 0 Å². The molecule has 2 unspecified atom stereocenters. The molecule has 114 valence electrons. The summed E-state index contributed by atoms with van der Waals surface area (Å²) in [5.41, 5.74) is 6.25. The maximum Gasteiger partial charge on any atom is 0.223 e. The first-order valence-corrected chi connectivity index (χ1v) is 7.94. The first-order valence-electron chi connectivity index (χ1n) is 7.56. The number of nitrogens with two attached hydrogens (primary N) is 1. The summed E-state index contributed by atoms with van der Waals surface area (Å²) in [5.74, 6) is 0.0971. The van der Waals surface area contributed by atoms with E-state index >= 15 is 0 Å². The van der Waals surface area contributed by atoms with E-state index in [0.717, 1.165) is 25.7 Å². The van der Waals surface area contributed by atoms with E-state index in [1.807, 2.05) is 0 Å². The Balaban J connectivity index is 1.62. The topological polar surface area (TPSA) is 55.1 Å². The van der Waals surface area contributed by atoms with Crippen molar-refractivity contribution >= 4 is 17.5 Å². The monoisotopic (exact) mass is 310 g/mol. The number of halogens is 2. The van der Waals surface area contributed by atoms with E-state index < -0.39 is 0 Å². The summed E-state index contributed by atoms with van der Waals surface area (Å²) in [6.07, 6.45) is 3.76. The molecule has 3 nitrogen and oxygen atoms in total. The van der Waals surface area contributed by atoms with Gasteiger partial charge in [-0.2, -0.15) is 0 Å². The number of amides is 1. The molecule has 1 aromatic rings. The van der Waals surface area contributed by atoms with Crippen molar-refractivity contribution < 1.29 is 9.18 Å². The Morgan fingerprint density at radius 2 is 2.24 bits per heavy atom. The van der Waals surface area contributed by atoms with Gasteiger partial charge in [-0.15, -0.1) is 0 Å². The molecular weight excluding hydrogens is 291 g/mol. The molecule has 0 aromatic heterocycles. The highest BCUT2D eigenvalue weighted by Crippen LogP contribution is 2.45. The van der Waals surface area contributed by atoms with Gasteiger partial charge in [-0.25, -0.2) is 4.39 Å². The number of hydrogen-bond acceptors (Lipinski definition) is 2. The summed E-state index contributed by atoms with van der Waals surface area (Å²) in [6.45, 7) is 0.561. The van der Waals surface area contributed by atoms with Crippen LogP contribution in [-0.2, 0) is 4.79 Å². The van der Waals surface area contributed by atoms with Gasteiger partial charge in [0.15, 0.2) is 0 Å². The quantitative estimate of drug-likeness (QED) is 0.898. The zero-order valence-electron chi connectivity index (χ0n) is 11.8. The Morgan fingerprint density at radius 1 is 1.43 bits per heavy atom. The molecular formula is C16H20ClFN2O. The van der Waals surface area contributed by atoms with Crippen molar-refractivity contribution in [3.8, 4) is 0 Å². The third kappa shape index (κ3) is 2.92. The second kappa shape index (κ2) is 5.93. The van der Waals surface area contributed by atoms with E-state index in [2.05, 4.69) is 5.32 Å². The maximum absolute atomic E-state index is 13.9. The highest BCUT2D eigenvalue weighted by molar-refractivity contribution is 6.31. The van der Waals surface area contributed by atoms with Gasteiger partial charge in [-0.1, -0.05) is 24.1 Å². The van der Waals surface area contributed by atoms with Crippen LogP contribution < -0.4 is 11.1 Å². The van der Waals surface area contributed by atoms with Crippen molar-refractivity contribution in [3.05, 3.63) is 34.6 Å². The second-order valence-electron chi connectivity index (χ2n) is 6.13. The number of carbonyl (C=O) groups is 1. The highest BCUT2D eigenvalue weighted by Gasteiger charge is 2.44. The molecule has 4 atom stereocenters. The fraction of sp³-hybridized carbons (Fsp3) is 0.562. The van der Waals surface area contributed by atoms with Crippen molar-refractivity contribution in [2.24, 2.45) is 17.6 Å². The van der Waals surface area contributed by atoms with Crippen LogP contribution in [0.25, 0.3) is 0 Å². The predicted molar refractivity (Wildman–Crippen MR) is 80.6 cm³/mol. The fourth-order valence-electron chi connectivity index (χ4n) is 3.49. The Hall–Kier alpha value is -1.13. The summed E-state index contributed by atoms with van der Waals surface area (Å²) in [4.78, 5) is 12.3. The Morgan fingerprint density at radius 3 is 2.95 bits per heavy atom. The third-order valence-electron chi connectivity index (χ3n) is 4.79. The first kappa shape index (κ1) is 14.8. The van der Waals surface area contributed by atoms with E-state index in [4.69, 9.17) is 17.3 Å². The van der Waals surface area contributed by atoms with Crippen LogP contribution >= 0.6 is 11.6 Å². The maximum atomic E-state index is 13.9. The zero-order chi connectivity index (χ0) is 15.0. The molecule has 2 saturated carbocycles. The second-order valence-corrected chi connectivity index (χ2v) is 6.53. The van der Waals surface area contributed by atoms with Gasteiger partial charge in [0.25, 0.3) is 0 Å². The van der Waals surface area contributed by atoms with Crippen LogP contribution in [0, 0.1) is 17.7 Å². The molecule has 1 amide bonds. The van der Waals surface area contributed by atoms with E-state index in [1.54, 1.807) is 12.1 Å². The molecule has 5 heteroatoms. The lowest BCUT2D eigenvalue weighted by Crippen LogP contribution is -2.36. The molecule has 0 spiro atoms. The largest absolute Gasteiger partial charge is 0.352 e. The van der Waals surface area contributed by atoms with Crippen LogP contribution in [0.4, 0.5) is 4.39 Å². The first-order chi connectivity index (χ1) is 10.1. The molecule has 2 aliphatic rings. The number of rotatable bonds is 4. The Bertz CT molecular complexity index is 531. The van der Waals surface area contributed by atoms with E-state index in [0.29, 0.717) is 23.0 Å². The van der Waals surface area contributed by atoms with Gasteiger partial charge in [0, 0.05) is 28.5 Å². The highest BCUT2D eigenvalue weighted by atomic mass is 35.5. The van der Waals surface area contributed by atoms with Crippen LogP contribution in [0.1, 0.15) is 37.2 Å². The van der Waals surface area contributed by atoms with Crippen molar-refractivity contribution in [2.45, 2.75) is 37.6 Å². The van der Waals surface area contributed by atoms with E-state index in [-0.39, 0.29) is 29.6 Å². The molecule has 0 saturated heterocycles. The summed E-state index contributed by atoms with van der Waals surface area (Å²) in [6, 6.07) is 4.71. The van der Waals surface area contributed by atoms with Crippen molar-refractivity contribution in [1.29, 1.82) is 0 Å². The van der Waals surface area contributed by atoms with Gasteiger partial charge >= 0.3 is 0 Å². The molecule has 21 heavy (non-hydrogen) atoms. The molecule has 0 bridgehead atoms. The van der Waals surface area contributed by atoms with Gasteiger partial charge in [-0.3, -0.25) is 4.79 Å². The molecule has 2 fully saturated rings. The molecule has 1 aromatic carbocycles. The molecule has 3 rings (SSSR count). The number of hydrogen-bond donors (Lipinski definition) is 2. The van der Waals surface area contributed by atoms with Crippen molar-refractivity contribution in [1.82, 2.24) is 5.32 Å². The average Bonchev–Trinajstić information content (AvgIpc) is 3.03. The van der Waals surface area contributed by atoms with Crippen molar-refractivity contribution in [2.75, 3.05) is 6.54 Å². The minimum Gasteiger partial charge on any atom is -0.352 e. The number of nitrogens with one attached hydrogen (secondary N) is 1.